The van der Waals surface area contributed by atoms with E-state index >= 15 is 0 Å². The Kier molecular flexibility index (Phi) is 6.67. The van der Waals surface area contributed by atoms with Crippen LogP contribution in [0.2, 0.25) is 0 Å². The Labute approximate surface area is 146 Å². The van der Waals surface area contributed by atoms with Crippen molar-refractivity contribution in [2.24, 2.45) is 5.92 Å². The molecule has 24 heavy (non-hydrogen) atoms. The molecule has 0 spiro atoms. The number of carbonyl (C=O) groups excluding carboxylic acids is 1. The van der Waals surface area contributed by atoms with Crippen LogP contribution in [-0.2, 0) is 11.3 Å². The molecular formula is C20H31N3O. The fourth-order valence-corrected chi connectivity index (χ4v) is 3.92. The van der Waals surface area contributed by atoms with Gasteiger partial charge < -0.3 is 10.2 Å². The maximum atomic E-state index is 12.1. The smallest absolute Gasteiger partial charge is 0.234 e. The lowest BCUT2D eigenvalue weighted by Crippen LogP contribution is -2.50. The topological polar surface area (TPSA) is 35.6 Å². The molecule has 4 nitrogen and oxygen atoms in total. The van der Waals surface area contributed by atoms with Gasteiger partial charge in [0.25, 0.3) is 0 Å². The zero-order valence-corrected chi connectivity index (χ0v) is 14.8. The number of nitrogens with one attached hydrogen (secondary N) is 1. The molecule has 0 unspecified atom stereocenters. The van der Waals surface area contributed by atoms with Crippen LogP contribution in [0, 0.1) is 5.92 Å². The lowest BCUT2D eigenvalue weighted by molar-refractivity contribution is -0.122. The molecule has 1 amide bonds. The van der Waals surface area contributed by atoms with Crippen LogP contribution >= 0.6 is 0 Å². The summed E-state index contributed by atoms with van der Waals surface area (Å²) in [6.07, 6.45) is 7.12. The van der Waals surface area contributed by atoms with Crippen LogP contribution in [0.5, 0.6) is 0 Å². The largest absolute Gasteiger partial charge is 0.351 e. The summed E-state index contributed by atoms with van der Waals surface area (Å²) in [5, 5.41) is 3.03. The number of rotatable bonds is 6. The van der Waals surface area contributed by atoms with Crippen molar-refractivity contribution in [3.05, 3.63) is 35.9 Å². The van der Waals surface area contributed by atoms with Gasteiger partial charge in [-0.05, 0) is 24.3 Å². The average Bonchev–Trinajstić information content (AvgIpc) is 2.63. The zero-order chi connectivity index (χ0) is 16.6. The first kappa shape index (κ1) is 17.4. The monoisotopic (exact) mass is 329 g/mol. The van der Waals surface area contributed by atoms with Crippen molar-refractivity contribution in [2.75, 3.05) is 39.3 Å². The van der Waals surface area contributed by atoms with Crippen LogP contribution < -0.4 is 5.32 Å². The van der Waals surface area contributed by atoms with Crippen molar-refractivity contribution in [1.82, 2.24) is 15.1 Å². The minimum Gasteiger partial charge on any atom is -0.351 e. The number of benzene rings is 1. The second kappa shape index (κ2) is 9.19. The highest BCUT2D eigenvalue weighted by atomic mass is 16.2. The Morgan fingerprint density at radius 3 is 2.33 bits per heavy atom. The molecule has 1 aliphatic heterocycles. The SMILES string of the molecule is O=C(CN1CCN(CC2CCCCC2)CC1)NCc1ccccc1. The fourth-order valence-electron chi connectivity index (χ4n) is 3.92. The Bertz CT molecular complexity index is 491. The number of piperazine rings is 1. The normalized spacial score (nSPS) is 20.8. The molecule has 1 saturated carbocycles. The number of amides is 1. The van der Waals surface area contributed by atoms with E-state index in [2.05, 4.69) is 15.1 Å². The van der Waals surface area contributed by atoms with Crippen LogP contribution in [0.25, 0.3) is 0 Å². The van der Waals surface area contributed by atoms with Crippen LogP contribution in [0.1, 0.15) is 37.7 Å². The second-order valence-corrected chi connectivity index (χ2v) is 7.34. The van der Waals surface area contributed by atoms with E-state index in [0.29, 0.717) is 13.1 Å². The van der Waals surface area contributed by atoms with Crippen LogP contribution in [-0.4, -0.2) is 55.0 Å². The maximum Gasteiger partial charge on any atom is 0.234 e. The highest BCUT2D eigenvalue weighted by molar-refractivity contribution is 5.78. The van der Waals surface area contributed by atoms with Gasteiger partial charge in [0.1, 0.15) is 0 Å². The summed E-state index contributed by atoms with van der Waals surface area (Å²) in [6, 6.07) is 10.1. The third-order valence-corrected chi connectivity index (χ3v) is 5.41. The molecule has 0 bridgehead atoms. The van der Waals surface area contributed by atoms with Crippen molar-refractivity contribution in [1.29, 1.82) is 0 Å². The van der Waals surface area contributed by atoms with Crippen LogP contribution in [0.15, 0.2) is 30.3 Å². The highest BCUT2D eigenvalue weighted by Crippen LogP contribution is 2.24. The predicted molar refractivity (Wildman–Crippen MR) is 97.7 cm³/mol. The average molecular weight is 329 g/mol. The van der Waals surface area contributed by atoms with Crippen molar-refractivity contribution < 1.29 is 4.79 Å². The Morgan fingerprint density at radius 1 is 0.958 bits per heavy atom. The molecule has 0 radical (unpaired) electrons. The molecule has 1 aromatic carbocycles. The number of carbonyl (C=O) groups is 1. The summed E-state index contributed by atoms with van der Waals surface area (Å²) in [7, 11) is 0. The van der Waals surface area contributed by atoms with E-state index in [1.54, 1.807) is 0 Å². The highest BCUT2D eigenvalue weighted by Gasteiger charge is 2.22. The maximum absolute atomic E-state index is 12.1. The predicted octanol–water partition coefficient (Wildman–Crippen LogP) is 2.50. The molecule has 0 aromatic heterocycles. The number of nitrogens with zero attached hydrogens (tertiary/aromatic N) is 2. The minimum absolute atomic E-state index is 0.139. The first-order valence-electron chi connectivity index (χ1n) is 9.55. The van der Waals surface area contributed by atoms with Gasteiger partial charge in [-0.15, -0.1) is 0 Å². The summed E-state index contributed by atoms with van der Waals surface area (Å²) in [5.74, 6) is 1.05. The van der Waals surface area contributed by atoms with E-state index in [0.717, 1.165) is 37.7 Å². The molecule has 4 heteroatoms. The molecule has 132 valence electrons. The molecule has 3 rings (SSSR count). The lowest BCUT2D eigenvalue weighted by atomic mass is 9.89. The van der Waals surface area contributed by atoms with E-state index < -0.39 is 0 Å². The van der Waals surface area contributed by atoms with Gasteiger partial charge in [0.05, 0.1) is 6.54 Å². The zero-order valence-electron chi connectivity index (χ0n) is 14.8. The molecule has 1 heterocycles. The number of hydrogen-bond acceptors (Lipinski definition) is 3. The summed E-state index contributed by atoms with van der Waals surface area (Å²) in [5.41, 5.74) is 1.16. The van der Waals surface area contributed by atoms with Gasteiger partial charge in [0.2, 0.25) is 5.91 Å². The first-order valence-corrected chi connectivity index (χ1v) is 9.55. The first-order chi connectivity index (χ1) is 11.8. The standard InChI is InChI=1S/C20H31N3O/c24-20(21-15-18-7-3-1-4-8-18)17-23-13-11-22(12-14-23)16-19-9-5-2-6-10-19/h1,3-4,7-8,19H,2,5-6,9-17H2,(H,21,24). The van der Waals surface area contributed by atoms with E-state index in [9.17, 15) is 4.79 Å². The van der Waals surface area contributed by atoms with E-state index in [1.165, 1.54) is 38.6 Å². The van der Waals surface area contributed by atoms with E-state index in [-0.39, 0.29) is 5.91 Å². The van der Waals surface area contributed by atoms with Gasteiger partial charge in [-0.1, -0.05) is 49.6 Å². The summed E-state index contributed by atoms with van der Waals surface area (Å²) >= 11 is 0. The number of hydrogen-bond donors (Lipinski definition) is 1. The molecule has 1 aliphatic carbocycles. The summed E-state index contributed by atoms with van der Waals surface area (Å²) in [4.78, 5) is 17.0. The van der Waals surface area contributed by atoms with Crippen LogP contribution in [0.4, 0.5) is 0 Å². The van der Waals surface area contributed by atoms with E-state index in [4.69, 9.17) is 0 Å². The fraction of sp³-hybridized carbons (Fsp3) is 0.650. The summed E-state index contributed by atoms with van der Waals surface area (Å²) in [6.45, 7) is 6.70. The molecule has 1 aromatic rings. The molecule has 1 saturated heterocycles. The van der Waals surface area contributed by atoms with Crippen molar-refractivity contribution in [2.45, 2.75) is 38.6 Å². The minimum atomic E-state index is 0.139. The van der Waals surface area contributed by atoms with E-state index in [1.807, 2.05) is 30.3 Å². The second-order valence-electron chi connectivity index (χ2n) is 7.34. The van der Waals surface area contributed by atoms with Gasteiger partial charge in [0, 0.05) is 39.3 Å². The van der Waals surface area contributed by atoms with Crippen molar-refractivity contribution in [3.63, 3.8) is 0 Å². The molecule has 2 fully saturated rings. The van der Waals surface area contributed by atoms with Gasteiger partial charge >= 0.3 is 0 Å². The molecular weight excluding hydrogens is 298 g/mol. The lowest BCUT2D eigenvalue weighted by Gasteiger charge is -2.37. The quantitative estimate of drug-likeness (QED) is 0.871. The third kappa shape index (κ3) is 5.60. The van der Waals surface area contributed by atoms with Gasteiger partial charge in [-0.3, -0.25) is 9.69 Å². The summed E-state index contributed by atoms with van der Waals surface area (Å²) < 4.78 is 0. The Hall–Kier alpha value is -1.39. The van der Waals surface area contributed by atoms with Crippen molar-refractivity contribution in [3.8, 4) is 0 Å². The Morgan fingerprint density at radius 2 is 1.62 bits per heavy atom. The van der Waals surface area contributed by atoms with Crippen LogP contribution in [0.3, 0.4) is 0 Å². The van der Waals surface area contributed by atoms with Gasteiger partial charge in [-0.25, -0.2) is 0 Å². The molecule has 0 atom stereocenters. The molecule has 2 aliphatic rings. The van der Waals surface area contributed by atoms with Gasteiger partial charge in [-0.2, -0.15) is 0 Å². The Balaban J connectivity index is 1.32. The third-order valence-electron chi connectivity index (χ3n) is 5.41. The molecule has 1 N–H and O–H groups in total. The van der Waals surface area contributed by atoms with Gasteiger partial charge in [0.15, 0.2) is 0 Å². The van der Waals surface area contributed by atoms with Crippen molar-refractivity contribution >= 4 is 5.91 Å².